The number of benzene rings is 1. The maximum Gasteiger partial charge on any atom is 0.129 e. The second kappa shape index (κ2) is 3.94. The summed E-state index contributed by atoms with van der Waals surface area (Å²) in [6.07, 6.45) is 1.81. The summed E-state index contributed by atoms with van der Waals surface area (Å²) in [6, 6.07) is 4.23. The van der Waals surface area contributed by atoms with Gasteiger partial charge in [-0.05, 0) is 36.6 Å². The average molecular weight is 280 g/mol. The number of hydrogen-bond acceptors (Lipinski definition) is 2. The molecule has 16 heavy (non-hydrogen) atoms. The van der Waals surface area contributed by atoms with Crippen LogP contribution in [0.3, 0.4) is 0 Å². The van der Waals surface area contributed by atoms with Gasteiger partial charge in [0.2, 0.25) is 0 Å². The largest absolute Gasteiger partial charge is 0.383 e. The lowest BCUT2D eigenvalue weighted by atomic mass is 10.0. The molecule has 0 fully saturated rings. The molecule has 0 atom stereocenters. The van der Waals surface area contributed by atoms with Gasteiger partial charge >= 0.3 is 0 Å². The zero-order valence-electron chi connectivity index (χ0n) is 9.58. The second-order valence-electron chi connectivity index (χ2n) is 3.99. The van der Waals surface area contributed by atoms with Crippen LogP contribution in [-0.4, -0.2) is 9.78 Å². The van der Waals surface area contributed by atoms with Gasteiger partial charge < -0.3 is 5.73 Å². The van der Waals surface area contributed by atoms with E-state index in [0.717, 1.165) is 15.6 Å². The first-order valence-corrected chi connectivity index (χ1v) is 5.84. The Bertz CT molecular complexity index is 543. The van der Waals surface area contributed by atoms with Gasteiger partial charge in [-0.15, -0.1) is 0 Å². The maximum atomic E-state index is 5.99. The van der Waals surface area contributed by atoms with Crippen molar-refractivity contribution in [2.75, 3.05) is 5.73 Å². The lowest BCUT2D eigenvalue weighted by molar-refractivity contribution is 0.779. The standard InChI is InChI=1S/C12H14BrN3/c1-7-4-9(8(2)11(13)5-7)10-6-15-16(3)12(10)14/h4-6H,14H2,1-3H3. The molecule has 2 rings (SSSR count). The van der Waals surface area contributed by atoms with Gasteiger partial charge in [0, 0.05) is 17.1 Å². The van der Waals surface area contributed by atoms with Gasteiger partial charge in [0.15, 0.2) is 0 Å². The van der Waals surface area contributed by atoms with Crippen molar-refractivity contribution in [3.05, 3.63) is 33.9 Å². The van der Waals surface area contributed by atoms with Crippen molar-refractivity contribution in [3.8, 4) is 11.1 Å². The van der Waals surface area contributed by atoms with Crippen LogP contribution in [0.15, 0.2) is 22.8 Å². The summed E-state index contributed by atoms with van der Waals surface area (Å²) in [5, 5.41) is 4.17. The maximum absolute atomic E-state index is 5.99. The molecule has 3 nitrogen and oxygen atoms in total. The van der Waals surface area contributed by atoms with Crippen LogP contribution in [0.2, 0.25) is 0 Å². The van der Waals surface area contributed by atoms with Gasteiger partial charge in [0.25, 0.3) is 0 Å². The van der Waals surface area contributed by atoms with E-state index in [4.69, 9.17) is 5.73 Å². The van der Waals surface area contributed by atoms with E-state index in [1.165, 1.54) is 11.1 Å². The summed E-state index contributed by atoms with van der Waals surface area (Å²) in [4.78, 5) is 0. The van der Waals surface area contributed by atoms with Gasteiger partial charge in [0.1, 0.15) is 5.82 Å². The van der Waals surface area contributed by atoms with E-state index in [0.29, 0.717) is 5.82 Å². The van der Waals surface area contributed by atoms with Gasteiger partial charge in [-0.1, -0.05) is 22.0 Å². The molecule has 0 spiro atoms. The van der Waals surface area contributed by atoms with Gasteiger partial charge in [-0.25, -0.2) is 0 Å². The number of rotatable bonds is 1. The van der Waals surface area contributed by atoms with Crippen molar-refractivity contribution in [1.29, 1.82) is 0 Å². The van der Waals surface area contributed by atoms with Crippen molar-refractivity contribution in [2.45, 2.75) is 13.8 Å². The summed E-state index contributed by atoms with van der Waals surface area (Å²) in [5.41, 5.74) is 10.5. The molecule has 0 unspecified atom stereocenters. The Kier molecular flexibility index (Phi) is 2.76. The fourth-order valence-electron chi connectivity index (χ4n) is 1.75. The van der Waals surface area contributed by atoms with E-state index in [1.54, 1.807) is 4.68 Å². The highest BCUT2D eigenvalue weighted by Gasteiger charge is 2.12. The minimum absolute atomic E-state index is 0.695. The molecule has 0 radical (unpaired) electrons. The Labute approximate surface area is 103 Å². The summed E-state index contributed by atoms with van der Waals surface area (Å²) >= 11 is 3.56. The molecular weight excluding hydrogens is 266 g/mol. The van der Waals surface area contributed by atoms with E-state index < -0.39 is 0 Å². The number of aromatic nitrogens is 2. The van der Waals surface area contributed by atoms with Crippen molar-refractivity contribution in [1.82, 2.24) is 9.78 Å². The number of nitrogen functional groups attached to an aromatic ring is 1. The topological polar surface area (TPSA) is 43.8 Å². The van der Waals surface area contributed by atoms with E-state index in [9.17, 15) is 0 Å². The molecule has 1 aromatic heterocycles. The number of nitrogens with zero attached hydrogens (tertiary/aromatic N) is 2. The monoisotopic (exact) mass is 279 g/mol. The normalized spacial score (nSPS) is 10.8. The molecule has 0 bridgehead atoms. The lowest BCUT2D eigenvalue weighted by Crippen LogP contribution is -1.98. The summed E-state index contributed by atoms with van der Waals surface area (Å²) in [5.74, 6) is 0.695. The molecule has 84 valence electrons. The number of aryl methyl sites for hydroxylation is 2. The van der Waals surface area contributed by atoms with Gasteiger partial charge in [0.05, 0.1) is 6.20 Å². The van der Waals surface area contributed by atoms with Crippen LogP contribution in [-0.2, 0) is 7.05 Å². The predicted octanol–water partition coefficient (Wildman–Crippen LogP) is 3.05. The third kappa shape index (κ3) is 1.73. The van der Waals surface area contributed by atoms with E-state index >= 15 is 0 Å². The number of anilines is 1. The predicted molar refractivity (Wildman–Crippen MR) is 70.2 cm³/mol. The molecule has 0 aliphatic heterocycles. The van der Waals surface area contributed by atoms with Crippen LogP contribution in [0.4, 0.5) is 5.82 Å². The molecule has 1 heterocycles. The molecule has 0 saturated carbocycles. The third-order valence-electron chi connectivity index (χ3n) is 2.76. The smallest absolute Gasteiger partial charge is 0.129 e. The Balaban J connectivity index is 2.69. The van der Waals surface area contributed by atoms with E-state index in [-0.39, 0.29) is 0 Å². The fourth-order valence-corrected chi connectivity index (χ4v) is 2.32. The zero-order valence-corrected chi connectivity index (χ0v) is 11.2. The molecule has 0 amide bonds. The SMILES string of the molecule is Cc1cc(Br)c(C)c(-c2cnn(C)c2N)c1. The van der Waals surface area contributed by atoms with E-state index in [1.807, 2.05) is 13.2 Å². The first-order valence-electron chi connectivity index (χ1n) is 5.05. The van der Waals surface area contributed by atoms with Crippen LogP contribution in [0.25, 0.3) is 11.1 Å². The fraction of sp³-hybridized carbons (Fsp3) is 0.250. The van der Waals surface area contributed by atoms with Crippen molar-refractivity contribution < 1.29 is 0 Å². The highest BCUT2D eigenvalue weighted by Crippen LogP contribution is 2.33. The van der Waals surface area contributed by atoms with Gasteiger partial charge in [-0.2, -0.15) is 5.10 Å². The minimum Gasteiger partial charge on any atom is -0.383 e. The highest BCUT2D eigenvalue weighted by atomic mass is 79.9. The Morgan fingerprint density at radius 3 is 2.50 bits per heavy atom. The van der Waals surface area contributed by atoms with Crippen molar-refractivity contribution in [3.63, 3.8) is 0 Å². The quantitative estimate of drug-likeness (QED) is 0.872. The molecule has 2 aromatic rings. The van der Waals surface area contributed by atoms with Crippen LogP contribution in [0.5, 0.6) is 0 Å². The van der Waals surface area contributed by atoms with Crippen molar-refractivity contribution >= 4 is 21.7 Å². The summed E-state index contributed by atoms with van der Waals surface area (Å²) in [7, 11) is 1.85. The number of halogens is 1. The highest BCUT2D eigenvalue weighted by molar-refractivity contribution is 9.10. The third-order valence-corrected chi connectivity index (χ3v) is 3.59. The molecular formula is C12H14BrN3. The van der Waals surface area contributed by atoms with Crippen LogP contribution in [0.1, 0.15) is 11.1 Å². The summed E-state index contributed by atoms with van der Waals surface area (Å²) in [6.45, 7) is 4.14. The molecule has 1 aromatic carbocycles. The van der Waals surface area contributed by atoms with Crippen LogP contribution >= 0.6 is 15.9 Å². The van der Waals surface area contributed by atoms with Crippen LogP contribution < -0.4 is 5.73 Å². The number of hydrogen-bond donors (Lipinski definition) is 1. The lowest BCUT2D eigenvalue weighted by Gasteiger charge is -2.09. The molecule has 2 N–H and O–H groups in total. The Morgan fingerprint density at radius 1 is 1.25 bits per heavy atom. The van der Waals surface area contributed by atoms with Crippen LogP contribution in [0, 0.1) is 13.8 Å². The Morgan fingerprint density at radius 2 is 1.94 bits per heavy atom. The molecule has 0 aliphatic carbocycles. The molecule has 0 aliphatic rings. The molecule has 0 saturated heterocycles. The first-order chi connectivity index (χ1) is 7.50. The van der Waals surface area contributed by atoms with E-state index in [2.05, 4.69) is 47.0 Å². The zero-order chi connectivity index (χ0) is 11.9. The molecule has 4 heteroatoms. The Hall–Kier alpha value is -1.29. The second-order valence-corrected chi connectivity index (χ2v) is 4.84. The average Bonchev–Trinajstić information content (AvgIpc) is 2.54. The first kappa shape index (κ1) is 11.2. The van der Waals surface area contributed by atoms with Crippen molar-refractivity contribution in [2.24, 2.45) is 7.05 Å². The summed E-state index contributed by atoms with van der Waals surface area (Å²) < 4.78 is 2.79. The van der Waals surface area contributed by atoms with Gasteiger partial charge in [-0.3, -0.25) is 4.68 Å². The minimum atomic E-state index is 0.695. The number of nitrogens with two attached hydrogens (primary N) is 1.